The predicted molar refractivity (Wildman–Crippen MR) is 61.3 cm³/mol. The number of hydrogen-bond acceptors (Lipinski definition) is 2. The molecule has 0 saturated heterocycles. The summed E-state index contributed by atoms with van der Waals surface area (Å²) < 4.78 is 0.878. The number of nitrogens with two attached hydrogens (primary N) is 1. The van der Waals surface area contributed by atoms with Crippen LogP contribution in [0.3, 0.4) is 0 Å². The van der Waals surface area contributed by atoms with Crippen LogP contribution in [-0.2, 0) is 0 Å². The molecule has 2 N–H and O–H groups in total. The van der Waals surface area contributed by atoms with Crippen molar-refractivity contribution in [2.45, 2.75) is 11.8 Å². The lowest BCUT2D eigenvalue weighted by Gasteiger charge is -2.06. The minimum atomic E-state index is -0.198. The van der Waals surface area contributed by atoms with Crippen LogP contribution in [0.5, 0.6) is 0 Å². The Bertz CT molecular complexity index is 336. The van der Waals surface area contributed by atoms with Crippen LogP contribution in [0.4, 0.5) is 5.69 Å². The number of carbonyl (C=O) groups is 1. The van der Waals surface area contributed by atoms with E-state index >= 15 is 0 Å². The van der Waals surface area contributed by atoms with Crippen LogP contribution in [0, 0.1) is 0 Å². The highest BCUT2D eigenvalue weighted by Gasteiger charge is 2.14. The van der Waals surface area contributed by atoms with E-state index in [4.69, 9.17) is 5.73 Å². The third kappa shape index (κ3) is 2.54. The molecule has 13 heavy (non-hydrogen) atoms. The molecule has 0 saturated carbocycles. The van der Waals surface area contributed by atoms with Gasteiger partial charge in [-0.1, -0.05) is 31.9 Å². The Kier molecular flexibility index (Phi) is 3.50. The van der Waals surface area contributed by atoms with Crippen molar-refractivity contribution in [2.24, 2.45) is 0 Å². The fourth-order valence-electron chi connectivity index (χ4n) is 0.972. The zero-order chi connectivity index (χ0) is 10.0. The molecule has 1 atom stereocenters. The molecular formula is C9H9Br2NO. The minimum absolute atomic E-state index is 0.00463. The highest BCUT2D eigenvalue weighted by molar-refractivity contribution is 9.10. The van der Waals surface area contributed by atoms with Gasteiger partial charge in [-0.15, -0.1) is 0 Å². The van der Waals surface area contributed by atoms with Crippen LogP contribution in [0.2, 0.25) is 0 Å². The van der Waals surface area contributed by atoms with Crippen molar-refractivity contribution >= 4 is 43.3 Å². The SMILES string of the molecule is CC(Br)C(=O)c1ccc(Br)cc1N. The van der Waals surface area contributed by atoms with Gasteiger partial charge in [0.1, 0.15) is 0 Å². The first-order valence-electron chi connectivity index (χ1n) is 3.75. The van der Waals surface area contributed by atoms with Crippen molar-refractivity contribution in [1.82, 2.24) is 0 Å². The summed E-state index contributed by atoms with van der Waals surface area (Å²) >= 11 is 6.49. The molecule has 0 spiro atoms. The lowest BCUT2D eigenvalue weighted by molar-refractivity contribution is 0.0996. The van der Waals surface area contributed by atoms with Gasteiger partial charge < -0.3 is 5.73 Å². The van der Waals surface area contributed by atoms with Gasteiger partial charge in [-0.2, -0.15) is 0 Å². The lowest BCUT2D eigenvalue weighted by Crippen LogP contribution is -2.12. The number of hydrogen-bond donors (Lipinski definition) is 1. The second-order valence-corrected chi connectivity index (χ2v) is 5.00. The highest BCUT2D eigenvalue weighted by Crippen LogP contribution is 2.21. The minimum Gasteiger partial charge on any atom is -0.398 e. The van der Waals surface area contributed by atoms with Crippen molar-refractivity contribution in [3.8, 4) is 0 Å². The van der Waals surface area contributed by atoms with Gasteiger partial charge in [-0.25, -0.2) is 0 Å². The number of carbonyl (C=O) groups excluding carboxylic acids is 1. The summed E-state index contributed by atoms with van der Waals surface area (Å²) in [7, 11) is 0. The van der Waals surface area contributed by atoms with Gasteiger partial charge in [-0.05, 0) is 25.1 Å². The summed E-state index contributed by atoms with van der Waals surface area (Å²) in [5.74, 6) is 0.00463. The fraction of sp³-hybridized carbons (Fsp3) is 0.222. The number of rotatable bonds is 2. The van der Waals surface area contributed by atoms with E-state index in [1.165, 1.54) is 0 Å². The van der Waals surface area contributed by atoms with Crippen LogP contribution >= 0.6 is 31.9 Å². The van der Waals surface area contributed by atoms with E-state index < -0.39 is 0 Å². The van der Waals surface area contributed by atoms with Crippen molar-refractivity contribution in [3.63, 3.8) is 0 Å². The monoisotopic (exact) mass is 305 g/mol. The first-order valence-corrected chi connectivity index (χ1v) is 5.46. The summed E-state index contributed by atoms with van der Waals surface area (Å²) in [5, 5.41) is 0. The van der Waals surface area contributed by atoms with E-state index in [0.717, 1.165) is 4.47 Å². The van der Waals surface area contributed by atoms with Gasteiger partial charge in [0.15, 0.2) is 5.78 Å². The smallest absolute Gasteiger partial charge is 0.178 e. The molecule has 0 heterocycles. The number of ketones is 1. The summed E-state index contributed by atoms with van der Waals surface area (Å²) in [6, 6.07) is 5.25. The average Bonchev–Trinajstić information content (AvgIpc) is 2.03. The van der Waals surface area contributed by atoms with E-state index in [1.54, 1.807) is 25.1 Å². The molecule has 1 unspecified atom stereocenters. The van der Waals surface area contributed by atoms with E-state index in [9.17, 15) is 4.79 Å². The van der Waals surface area contributed by atoms with Crippen LogP contribution in [0.1, 0.15) is 17.3 Å². The van der Waals surface area contributed by atoms with Gasteiger partial charge in [0.25, 0.3) is 0 Å². The highest BCUT2D eigenvalue weighted by atomic mass is 79.9. The lowest BCUT2D eigenvalue weighted by atomic mass is 10.1. The van der Waals surface area contributed by atoms with Gasteiger partial charge in [0.05, 0.1) is 4.83 Å². The molecule has 1 rings (SSSR count). The Morgan fingerprint density at radius 3 is 2.62 bits per heavy atom. The average molecular weight is 307 g/mol. The third-order valence-corrected chi connectivity index (χ3v) is 2.55. The van der Waals surface area contributed by atoms with E-state index in [-0.39, 0.29) is 10.6 Å². The second-order valence-electron chi connectivity index (χ2n) is 2.71. The molecule has 0 fully saturated rings. The summed E-state index contributed by atoms with van der Waals surface area (Å²) in [6.45, 7) is 1.78. The predicted octanol–water partition coefficient (Wildman–Crippen LogP) is 3.00. The van der Waals surface area contributed by atoms with Gasteiger partial charge in [0.2, 0.25) is 0 Å². The molecule has 0 radical (unpaired) electrons. The summed E-state index contributed by atoms with van der Waals surface area (Å²) in [4.78, 5) is 11.3. The van der Waals surface area contributed by atoms with Gasteiger partial charge in [0, 0.05) is 15.7 Å². The first-order chi connectivity index (χ1) is 6.02. The van der Waals surface area contributed by atoms with Crippen molar-refractivity contribution in [1.29, 1.82) is 0 Å². The standard InChI is InChI=1S/C9H9Br2NO/c1-5(10)9(13)7-3-2-6(11)4-8(7)12/h2-5H,12H2,1H3. The Morgan fingerprint density at radius 1 is 1.54 bits per heavy atom. The van der Waals surface area contributed by atoms with Crippen molar-refractivity contribution < 1.29 is 4.79 Å². The Balaban J connectivity index is 3.09. The largest absolute Gasteiger partial charge is 0.398 e. The maximum Gasteiger partial charge on any atom is 0.178 e. The quantitative estimate of drug-likeness (QED) is 0.518. The normalized spacial score (nSPS) is 12.5. The molecular weight excluding hydrogens is 298 g/mol. The molecule has 4 heteroatoms. The zero-order valence-corrected chi connectivity index (χ0v) is 10.2. The Hall–Kier alpha value is -0.350. The molecule has 2 nitrogen and oxygen atoms in total. The van der Waals surface area contributed by atoms with Crippen molar-refractivity contribution in [3.05, 3.63) is 28.2 Å². The number of benzene rings is 1. The first kappa shape index (κ1) is 10.7. The van der Waals surface area contributed by atoms with E-state index in [2.05, 4.69) is 31.9 Å². The Morgan fingerprint density at radius 2 is 2.15 bits per heavy atom. The maximum atomic E-state index is 11.5. The number of Topliss-reactive ketones (excluding diaryl/α,β-unsaturated/α-hetero) is 1. The summed E-state index contributed by atoms with van der Waals surface area (Å²) in [6.07, 6.45) is 0. The number of anilines is 1. The number of halogens is 2. The molecule has 1 aromatic carbocycles. The Labute approximate surface area is 93.8 Å². The summed E-state index contributed by atoms with van der Waals surface area (Å²) in [5.41, 5.74) is 6.76. The molecule has 70 valence electrons. The molecule has 0 bridgehead atoms. The molecule has 0 aliphatic rings. The second kappa shape index (κ2) is 4.24. The zero-order valence-electron chi connectivity index (χ0n) is 7.05. The van der Waals surface area contributed by atoms with Crippen molar-refractivity contribution in [2.75, 3.05) is 5.73 Å². The molecule has 0 amide bonds. The molecule has 0 aliphatic carbocycles. The van der Waals surface area contributed by atoms with Crippen LogP contribution in [-0.4, -0.2) is 10.6 Å². The van der Waals surface area contributed by atoms with E-state index in [0.29, 0.717) is 11.3 Å². The van der Waals surface area contributed by atoms with Crippen LogP contribution < -0.4 is 5.73 Å². The fourth-order valence-corrected chi connectivity index (χ4v) is 1.60. The molecule has 0 aliphatic heterocycles. The molecule has 0 aromatic heterocycles. The van der Waals surface area contributed by atoms with Crippen LogP contribution in [0.15, 0.2) is 22.7 Å². The molecule has 1 aromatic rings. The van der Waals surface area contributed by atoms with Gasteiger partial charge >= 0.3 is 0 Å². The van der Waals surface area contributed by atoms with E-state index in [1.807, 2.05) is 0 Å². The van der Waals surface area contributed by atoms with Gasteiger partial charge in [-0.3, -0.25) is 4.79 Å². The third-order valence-electron chi connectivity index (χ3n) is 1.64. The number of nitrogen functional groups attached to an aromatic ring is 1. The van der Waals surface area contributed by atoms with Crippen LogP contribution in [0.25, 0.3) is 0 Å². The topological polar surface area (TPSA) is 43.1 Å². The number of alkyl halides is 1. The maximum absolute atomic E-state index is 11.5.